The Balaban J connectivity index is 2.34. The SMILES string of the molecule is C[C@H](NC(=O)CCCCC(=O)O)c1cccc(Br)c1. The van der Waals surface area contributed by atoms with Gasteiger partial charge in [0, 0.05) is 17.3 Å². The highest BCUT2D eigenvalue weighted by Crippen LogP contribution is 2.18. The molecule has 0 saturated carbocycles. The van der Waals surface area contributed by atoms with E-state index in [-0.39, 0.29) is 18.4 Å². The molecule has 0 saturated heterocycles. The molecule has 1 aromatic carbocycles. The van der Waals surface area contributed by atoms with Crippen LogP contribution in [0.2, 0.25) is 0 Å². The summed E-state index contributed by atoms with van der Waals surface area (Å²) >= 11 is 3.39. The van der Waals surface area contributed by atoms with Gasteiger partial charge in [-0.2, -0.15) is 0 Å². The Bertz CT molecular complexity index is 448. The number of carboxylic acid groups (broad SMARTS) is 1. The Kier molecular flexibility index (Phi) is 6.56. The third-order valence-corrected chi connectivity index (χ3v) is 3.26. The van der Waals surface area contributed by atoms with Crippen LogP contribution in [0.1, 0.15) is 44.2 Å². The van der Waals surface area contributed by atoms with Crippen molar-refractivity contribution in [2.75, 3.05) is 0 Å². The van der Waals surface area contributed by atoms with Gasteiger partial charge < -0.3 is 10.4 Å². The van der Waals surface area contributed by atoms with Crippen molar-refractivity contribution in [2.45, 2.75) is 38.6 Å². The maximum atomic E-state index is 11.7. The molecule has 0 radical (unpaired) electrons. The normalized spacial score (nSPS) is 11.9. The predicted octanol–water partition coefficient (Wildman–Crippen LogP) is 3.27. The highest BCUT2D eigenvalue weighted by molar-refractivity contribution is 9.10. The summed E-state index contributed by atoms with van der Waals surface area (Å²) in [6, 6.07) is 7.73. The van der Waals surface area contributed by atoms with Gasteiger partial charge in [-0.15, -0.1) is 0 Å². The van der Waals surface area contributed by atoms with E-state index in [0.29, 0.717) is 19.3 Å². The molecule has 2 N–H and O–H groups in total. The molecule has 0 heterocycles. The summed E-state index contributed by atoms with van der Waals surface area (Å²) in [5.74, 6) is -0.860. The van der Waals surface area contributed by atoms with Crippen LogP contribution < -0.4 is 5.32 Å². The van der Waals surface area contributed by atoms with Crippen molar-refractivity contribution in [1.29, 1.82) is 0 Å². The molecule has 0 aliphatic rings. The van der Waals surface area contributed by atoms with Gasteiger partial charge >= 0.3 is 5.97 Å². The molecule has 0 aliphatic heterocycles. The quantitative estimate of drug-likeness (QED) is 0.755. The number of amides is 1. The van der Waals surface area contributed by atoms with E-state index in [0.717, 1.165) is 10.0 Å². The second kappa shape index (κ2) is 7.94. The molecule has 1 amide bonds. The molecule has 5 heteroatoms. The number of hydrogen-bond acceptors (Lipinski definition) is 2. The molecule has 0 unspecified atom stereocenters. The first-order valence-electron chi connectivity index (χ1n) is 6.25. The van der Waals surface area contributed by atoms with E-state index >= 15 is 0 Å². The number of hydrogen-bond donors (Lipinski definition) is 2. The second-order valence-corrected chi connectivity index (χ2v) is 5.36. The Labute approximate surface area is 121 Å². The van der Waals surface area contributed by atoms with E-state index in [1.807, 2.05) is 31.2 Å². The van der Waals surface area contributed by atoms with Crippen molar-refractivity contribution in [3.8, 4) is 0 Å². The first-order chi connectivity index (χ1) is 8.99. The molecular formula is C14H18BrNO3. The van der Waals surface area contributed by atoms with Gasteiger partial charge in [-0.05, 0) is 37.5 Å². The van der Waals surface area contributed by atoms with E-state index in [1.165, 1.54) is 0 Å². The number of carbonyl (C=O) groups is 2. The van der Waals surface area contributed by atoms with E-state index in [9.17, 15) is 9.59 Å². The molecular weight excluding hydrogens is 310 g/mol. The summed E-state index contributed by atoms with van der Waals surface area (Å²) in [4.78, 5) is 22.0. The van der Waals surface area contributed by atoms with Crippen LogP contribution in [0.4, 0.5) is 0 Å². The van der Waals surface area contributed by atoms with Crippen LogP contribution in [0, 0.1) is 0 Å². The predicted molar refractivity (Wildman–Crippen MR) is 76.8 cm³/mol. The average Bonchev–Trinajstić information content (AvgIpc) is 2.34. The summed E-state index contributed by atoms with van der Waals surface area (Å²) in [6.07, 6.45) is 1.62. The van der Waals surface area contributed by atoms with Crippen molar-refractivity contribution in [3.05, 3.63) is 34.3 Å². The highest BCUT2D eigenvalue weighted by atomic mass is 79.9. The second-order valence-electron chi connectivity index (χ2n) is 4.45. The van der Waals surface area contributed by atoms with Gasteiger partial charge in [0.25, 0.3) is 0 Å². The lowest BCUT2D eigenvalue weighted by molar-refractivity contribution is -0.137. The number of nitrogens with one attached hydrogen (secondary N) is 1. The Morgan fingerprint density at radius 1 is 1.32 bits per heavy atom. The van der Waals surface area contributed by atoms with Crippen molar-refractivity contribution >= 4 is 27.8 Å². The van der Waals surface area contributed by atoms with E-state index in [4.69, 9.17) is 5.11 Å². The van der Waals surface area contributed by atoms with Gasteiger partial charge in [0.15, 0.2) is 0 Å². The number of unbranched alkanes of at least 4 members (excludes halogenated alkanes) is 1. The molecule has 0 aromatic heterocycles. The van der Waals surface area contributed by atoms with Crippen LogP contribution >= 0.6 is 15.9 Å². The van der Waals surface area contributed by atoms with Crippen molar-refractivity contribution in [2.24, 2.45) is 0 Å². The Morgan fingerprint density at radius 2 is 2.00 bits per heavy atom. The number of aliphatic carboxylic acids is 1. The van der Waals surface area contributed by atoms with E-state index < -0.39 is 5.97 Å². The fourth-order valence-corrected chi connectivity index (χ4v) is 2.15. The zero-order valence-corrected chi connectivity index (χ0v) is 12.4. The number of carbonyl (C=O) groups excluding carboxylic acids is 1. The smallest absolute Gasteiger partial charge is 0.303 e. The van der Waals surface area contributed by atoms with Crippen LogP contribution in [-0.4, -0.2) is 17.0 Å². The summed E-state index contributed by atoms with van der Waals surface area (Å²) < 4.78 is 0.979. The topological polar surface area (TPSA) is 66.4 Å². The minimum atomic E-state index is -0.817. The molecule has 0 aliphatic carbocycles. The van der Waals surface area contributed by atoms with Crippen LogP contribution in [0.25, 0.3) is 0 Å². The molecule has 1 rings (SSSR count). The van der Waals surface area contributed by atoms with Crippen molar-refractivity contribution in [1.82, 2.24) is 5.32 Å². The zero-order chi connectivity index (χ0) is 14.3. The lowest BCUT2D eigenvalue weighted by Gasteiger charge is -2.14. The third-order valence-electron chi connectivity index (χ3n) is 2.77. The summed E-state index contributed by atoms with van der Waals surface area (Å²) in [5.41, 5.74) is 1.04. The standard InChI is InChI=1S/C14H18BrNO3/c1-10(11-5-4-6-12(15)9-11)16-13(17)7-2-3-8-14(18)19/h4-6,9-10H,2-3,7-8H2,1H3,(H,16,17)(H,18,19)/t10-/m0/s1. The van der Waals surface area contributed by atoms with E-state index in [2.05, 4.69) is 21.2 Å². The molecule has 4 nitrogen and oxygen atoms in total. The molecule has 0 bridgehead atoms. The molecule has 0 fully saturated rings. The monoisotopic (exact) mass is 327 g/mol. The van der Waals surface area contributed by atoms with Gasteiger partial charge in [-0.25, -0.2) is 0 Å². The lowest BCUT2D eigenvalue weighted by Crippen LogP contribution is -2.26. The number of rotatable bonds is 7. The third kappa shape index (κ3) is 6.38. The highest BCUT2D eigenvalue weighted by Gasteiger charge is 2.09. The van der Waals surface area contributed by atoms with Gasteiger partial charge in [-0.3, -0.25) is 9.59 Å². The fraction of sp³-hybridized carbons (Fsp3) is 0.429. The van der Waals surface area contributed by atoms with Gasteiger partial charge in [-0.1, -0.05) is 28.1 Å². The Hall–Kier alpha value is -1.36. The van der Waals surface area contributed by atoms with Crippen LogP contribution in [0.5, 0.6) is 0 Å². The summed E-state index contributed by atoms with van der Waals surface area (Å²) in [7, 11) is 0. The maximum Gasteiger partial charge on any atom is 0.303 e. The number of benzene rings is 1. The zero-order valence-electron chi connectivity index (χ0n) is 10.9. The van der Waals surface area contributed by atoms with Crippen LogP contribution in [0.15, 0.2) is 28.7 Å². The minimum Gasteiger partial charge on any atom is -0.481 e. The summed E-state index contributed by atoms with van der Waals surface area (Å²) in [5, 5.41) is 11.4. The lowest BCUT2D eigenvalue weighted by atomic mass is 10.1. The van der Waals surface area contributed by atoms with Gasteiger partial charge in [0.1, 0.15) is 0 Å². The summed E-state index contributed by atoms with van der Waals surface area (Å²) in [6.45, 7) is 1.93. The average molecular weight is 328 g/mol. The number of halogens is 1. The molecule has 0 spiro atoms. The van der Waals surface area contributed by atoms with Crippen LogP contribution in [0.3, 0.4) is 0 Å². The first-order valence-corrected chi connectivity index (χ1v) is 7.05. The van der Waals surface area contributed by atoms with Gasteiger partial charge in [0.05, 0.1) is 6.04 Å². The van der Waals surface area contributed by atoms with Crippen molar-refractivity contribution in [3.63, 3.8) is 0 Å². The molecule has 104 valence electrons. The minimum absolute atomic E-state index is 0.0436. The number of carboxylic acids is 1. The van der Waals surface area contributed by atoms with Gasteiger partial charge in [0.2, 0.25) is 5.91 Å². The molecule has 1 aromatic rings. The first kappa shape index (κ1) is 15.7. The largest absolute Gasteiger partial charge is 0.481 e. The molecule has 1 atom stereocenters. The maximum absolute atomic E-state index is 11.7. The fourth-order valence-electron chi connectivity index (χ4n) is 1.73. The van der Waals surface area contributed by atoms with E-state index in [1.54, 1.807) is 0 Å². The van der Waals surface area contributed by atoms with Crippen molar-refractivity contribution < 1.29 is 14.7 Å². The molecule has 19 heavy (non-hydrogen) atoms. The van der Waals surface area contributed by atoms with Crippen LogP contribution in [-0.2, 0) is 9.59 Å². The Morgan fingerprint density at radius 3 is 2.63 bits per heavy atom.